The summed E-state index contributed by atoms with van der Waals surface area (Å²) in [5.41, 5.74) is 1.62. The maximum Gasteiger partial charge on any atom is 0.301 e. The van der Waals surface area contributed by atoms with Crippen molar-refractivity contribution in [2.45, 2.75) is 19.2 Å². The van der Waals surface area contributed by atoms with E-state index >= 15 is 0 Å². The van der Waals surface area contributed by atoms with Gasteiger partial charge in [0.2, 0.25) is 0 Å². The second kappa shape index (κ2) is 6.37. The molecule has 1 aromatic rings. The molecule has 0 unspecified atom stereocenters. The van der Waals surface area contributed by atoms with Gasteiger partial charge in [0, 0.05) is 18.4 Å². The van der Waals surface area contributed by atoms with Crippen molar-refractivity contribution in [1.29, 1.82) is 0 Å². The highest BCUT2D eigenvalue weighted by Crippen LogP contribution is 2.15. The highest BCUT2D eigenvalue weighted by atomic mass is 79.9. The summed E-state index contributed by atoms with van der Waals surface area (Å²) in [5.74, 6) is 0. The van der Waals surface area contributed by atoms with Gasteiger partial charge < -0.3 is 0 Å². The van der Waals surface area contributed by atoms with E-state index in [9.17, 15) is 8.42 Å². The number of alkyl halides is 1. The van der Waals surface area contributed by atoms with Gasteiger partial charge in [0.1, 0.15) is 0 Å². The summed E-state index contributed by atoms with van der Waals surface area (Å²) in [5, 5.41) is 0.702. The molecule has 17 heavy (non-hydrogen) atoms. The fraction of sp³-hybridized carbons (Fsp3) is 0.455. The molecular weight excluding hydrogens is 304 g/mol. The van der Waals surface area contributed by atoms with Crippen LogP contribution in [0.4, 0.5) is 5.69 Å². The molecule has 4 nitrogen and oxygen atoms in total. The molecule has 0 saturated heterocycles. The third-order valence-corrected chi connectivity index (χ3v) is 4.71. The Balaban J connectivity index is 2.89. The predicted molar refractivity (Wildman–Crippen MR) is 74.5 cm³/mol. The Morgan fingerprint density at radius 1 is 1.29 bits per heavy atom. The van der Waals surface area contributed by atoms with E-state index < -0.39 is 10.2 Å². The molecule has 0 aliphatic heterocycles. The smallest absolute Gasteiger partial charge is 0.271 e. The molecule has 0 amide bonds. The Labute approximate surface area is 111 Å². The van der Waals surface area contributed by atoms with Gasteiger partial charge in [-0.15, -0.1) is 0 Å². The molecule has 96 valence electrons. The highest BCUT2D eigenvalue weighted by Gasteiger charge is 2.18. The van der Waals surface area contributed by atoms with Gasteiger partial charge in [-0.2, -0.15) is 12.7 Å². The Hall–Kier alpha value is -0.590. The lowest BCUT2D eigenvalue weighted by molar-refractivity contribution is 0.449. The number of hydrogen-bond donors (Lipinski definition) is 1. The Morgan fingerprint density at radius 3 is 2.47 bits per heavy atom. The topological polar surface area (TPSA) is 49.4 Å². The molecule has 0 radical (unpaired) electrons. The van der Waals surface area contributed by atoms with Crippen molar-refractivity contribution in [3.8, 4) is 0 Å². The van der Waals surface area contributed by atoms with Crippen LogP contribution in [-0.2, 0) is 15.5 Å². The molecule has 0 saturated carbocycles. The van der Waals surface area contributed by atoms with Crippen molar-refractivity contribution >= 4 is 31.8 Å². The minimum absolute atomic E-state index is 0.462. The number of rotatable bonds is 6. The molecule has 0 aliphatic carbocycles. The molecule has 0 bridgehead atoms. The van der Waals surface area contributed by atoms with E-state index in [-0.39, 0.29) is 0 Å². The van der Waals surface area contributed by atoms with Crippen LogP contribution in [0.5, 0.6) is 0 Å². The van der Waals surface area contributed by atoms with E-state index in [1.54, 1.807) is 6.07 Å². The maximum atomic E-state index is 12.0. The second-order valence-electron chi connectivity index (χ2n) is 3.53. The summed E-state index contributed by atoms with van der Waals surface area (Å²) in [6.45, 7) is 4.56. The molecule has 1 N–H and O–H groups in total. The molecule has 1 aromatic carbocycles. The minimum Gasteiger partial charge on any atom is -0.271 e. The van der Waals surface area contributed by atoms with Crippen molar-refractivity contribution in [2.75, 3.05) is 17.8 Å². The fourth-order valence-electron chi connectivity index (χ4n) is 1.49. The van der Waals surface area contributed by atoms with E-state index in [4.69, 9.17) is 0 Å². The normalized spacial score (nSPS) is 11.8. The lowest BCUT2D eigenvalue weighted by Crippen LogP contribution is -2.35. The SMILES string of the molecule is CCN(CC)S(=O)(=O)Nc1cccc(CBr)c1. The van der Waals surface area contributed by atoms with Crippen LogP contribution in [0.3, 0.4) is 0 Å². The van der Waals surface area contributed by atoms with Crippen molar-refractivity contribution in [2.24, 2.45) is 0 Å². The van der Waals surface area contributed by atoms with Crippen LogP contribution < -0.4 is 4.72 Å². The van der Waals surface area contributed by atoms with Crippen LogP contribution in [0.2, 0.25) is 0 Å². The van der Waals surface area contributed by atoms with E-state index in [0.29, 0.717) is 24.1 Å². The fourth-order valence-corrected chi connectivity index (χ4v) is 3.08. The van der Waals surface area contributed by atoms with E-state index in [0.717, 1.165) is 5.56 Å². The average molecular weight is 321 g/mol. The Morgan fingerprint density at radius 2 is 1.94 bits per heavy atom. The van der Waals surface area contributed by atoms with Gasteiger partial charge in [0.15, 0.2) is 0 Å². The molecule has 1 rings (SSSR count). The molecule has 6 heteroatoms. The number of anilines is 1. The summed E-state index contributed by atoms with van der Waals surface area (Å²) in [6, 6.07) is 7.32. The second-order valence-corrected chi connectivity index (χ2v) is 5.76. The number of nitrogens with one attached hydrogen (secondary N) is 1. The van der Waals surface area contributed by atoms with Crippen LogP contribution in [0.25, 0.3) is 0 Å². The Kier molecular flexibility index (Phi) is 5.42. The van der Waals surface area contributed by atoms with Crippen LogP contribution >= 0.6 is 15.9 Å². The van der Waals surface area contributed by atoms with E-state index in [1.807, 2.05) is 32.0 Å². The lowest BCUT2D eigenvalue weighted by Gasteiger charge is -2.19. The van der Waals surface area contributed by atoms with Crippen molar-refractivity contribution in [1.82, 2.24) is 4.31 Å². The summed E-state index contributed by atoms with van der Waals surface area (Å²) in [7, 11) is -3.43. The van der Waals surface area contributed by atoms with Crippen LogP contribution in [-0.4, -0.2) is 25.8 Å². The highest BCUT2D eigenvalue weighted by molar-refractivity contribution is 9.08. The van der Waals surface area contributed by atoms with Gasteiger partial charge in [-0.05, 0) is 17.7 Å². The number of hydrogen-bond acceptors (Lipinski definition) is 2. The zero-order valence-corrected chi connectivity index (χ0v) is 12.4. The summed E-state index contributed by atoms with van der Waals surface area (Å²) in [6.07, 6.45) is 0. The van der Waals surface area contributed by atoms with Crippen molar-refractivity contribution in [3.63, 3.8) is 0 Å². The van der Waals surface area contributed by atoms with Crippen LogP contribution in [0.1, 0.15) is 19.4 Å². The van der Waals surface area contributed by atoms with Crippen LogP contribution in [0, 0.1) is 0 Å². The monoisotopic (exact) mass is 320 g/mol. The first-order valence-electron chi connectivity index (χ1n) is 5.46. The maximum absolute atomic E-state index is 12.0. The van der Waals surface area contributed by atoms with E-state index in [1.165, 1.54) is 4.31 Å². The van der Waals surface area contributed by atoms with Gasteiger partial charge in [-0.1, -0.05) is 41.9 Å². The van der Waals surface area contributed by atoms with Gasteiger partial charge in [0.05, 0.1) is 5.69 Å². The molecule has 0 aromatic heterocycles. The third-order valence-electron chi connectivity index (χ3n) is 2.37. The molecule has 0 atom stereocenters. The Bertz CT molecular complexity index is 458. The van der Waals surface area contributed by atoms with Crippen molar-refractivity contribution < 1.29 is 8.42 Å². The van der Waals surface area contributed by atoms with Gasteiger partial charge in [0.25, 0.3) is 0 Å². The number of halogens is 1. The largest absolute Gasteiger partial charge is 0.301 e. The third kappa shape index (κ3) is 3.97. The first kappa shape index (κ1) is 14.5. The minimum atomic E-state index is -3.43. The lowest BCUT2D eigenvalue weighted by atomic mass is 10.2. The summed E-state index contributed by atoms with van der Waals surface area (Å²) >= 11 is 3.34. The first-order chi connectivity index (χ1) is 8.03. The molecule has 0 heterocycles. The zero-order valence-electron chi connectivity index (χ0n) is 9.98. The summed E-state index contributed by atoms with van der Waals surface area (Å²) < 4.78 is 27.9. The van der Waals surface area contributed by atoms with Gasteiger partial charge in [-0.3, -0.25) is 4.72 Å². The molecule has 0 spiro atoms. The molecule has 0 aliphatic rings. The van der Waals surface area contributed by atoms with Gasteiger partial charge in [-0.25, -0.2) is 0 Å². The van der Waals surface area contributed by atoms with Crippen LogP contribution in [0.15, 0.2) is 24.3 Å². The standard InChI is InChI=1S/C11H17BrN2O2S/c1-3-14(4-2)17(15,16)13-11-7-5-6-10(8-11)9-12/h5-8,13H,3-4,9H2,1-2H3. The number of nitrogens with zero attached hydrogens (tertiary/aromatic N) is 1. The predicted octanol–water partition coefficient (Wildman–Crippen LogP) is 2.58. The number of benzene rings is 1. The first-order valence-corrected chi connectivity index (χ1v) is 8.02. The average Bonchev–Trinajstić information content (AvgIpc) is 2.29. The molecular formula is C11H17BrN2O2S. The van der Waals surface area contributed by atoms with Crippen molar-refractivity contribution in [3.05, 3.63) is 29.8 Å². The summed E-state index contributed by atoms with van der Waals surface area (Å²) in [4.78, 5) is 0. The van der Waals surface area contributed by atoms with E-state index in [2.05, 4.69) is 20.7 Å². The zero-order chi connectivity index (χ0) is 12.9. The van der Waals surface area contributed by atoms with Gasteiger partial charge >= 0.3 is 10.2 Å². The molecule has 0 fully saturated rings. The quantitative estimate of drug-likeness (QED) is 0.819.